The number of fused-ring (bicyclic) bond motifs is 12. The van der Waals surface area contributed by atoms with Crippen LogP contribution in [-0.2, 0) is 0 Å². The van der Waals surface area contributed by atoms with Crippen LogP contribution in [0.2, 0.25) is 0 Å². The summed E-state index contributed by atoms with van der Waals surface area (Å²) in [5, 5.41) is 44.6. The Labute approximate surface area is 612 Å². The first-order valence-corrected chi connectivity index (χ1v) is 36.2. The molecule has 0 bridgehead atoms. The van der Waals surface area contributed by atoms with Crippen molar-refractivity contribution >= 4 is 136 Å². The summed E-state index contributed by atoms with van der Waals surface area (Å²) in [6.45, 7) is 0. The van der Waals surface area contributed by atoms with Crippen LogP contribution in [0, 0.1) is 0 Å². The van der Waals surface area contributed by atoms with E-state index in [0.717, 1.165) is 42.7 Å². The van der Waals surface area contributed by atoms with Crippen LogP contribution in [0.1, 0.15) is 0 Å². The Bertz CT molecular complexity index is 6630. The molecule has 104 heavy (non-hydrogen) atoms. The van der Waals surface area contributed by atoms with Gasteiger partial charge < -0.3 is 10.0 Å². The largest absolute Gasteiger partial charge is 0.489 e. The van der Waals surface area contributed by atoms with E-state index in [4.69, 9.17) is 0 Å². The summed E-state index contributed by atoms with van der Waals surface area (Å²) in [4.78, 5) is 0. The first kappa shape index (κ1) is 63.6. The molecule has 20 aromatic rings. The topological polar surface area (TPSA) is 40.5 Å². The Morgan fingerprint density at radius 3 is 0.827 bits per heavy atom. The Hall–Kier alpha value is -12.5. The lowest BCUT2D eigenvalue weighted by Crippen LogP contribution is -2.31. The SMILES string of the molecule is Brc1cccc(-c2ccc3c(ccc4ccccc43)c2)c1.OB(O)c1c2ccccc2c(-c2cccc(-c3cccc4ccccc34)c2)c2ccccc12.c1cc(-c2ccc3c(ccc4ccccc43)c2)cc(-c2c3ccccc3c(-c3cccc(-c4cccc5ccccc45)c3)c3ccccc23)c1. The summed E-state index contributed by atoms with van der Waals surface area (Å²) in [6, 6.07) is 139. The summed E-state index contributed by atoms with van der Waals surface area (Å²) in [5.41, 5.74) is 17.5. The van der Waals surface area contributed by atoms with E-state index >= 15 is 0 Å². The van der Waals surface area contributed by atoms with Gasteiger partial charge in [0.25, 0.3) is 0 Å². The van der Waals surface area contributed by atoms with Crippen LogP contribution >= 0.6 is 15.9 Å². The third-order valence-corrected chi connectivity index (χ3v) is 21.3. The lowest BCUT2D eigenvalue weighted by Gasteiger charge is -2.19. The van der Waals surface area contributed by atoms with Gasteiger partial charge in [-0.2, -0.15) is 0 Å². The summed E-state index contributed by atoms with van der Waals surface area (Å²) in [5.74, 6) is 0. The minimum absolute atomic E-state index is 0.551. The molecule has 0 heterocycles. The maximum Gasteiger partial charge on any atom is 0.489 e. The first-order chi connectivity index (χ1) is 51.3. The molecule has 0 atom stereocenters. The molecule has 0 aliphatic heterocycles. The Kier molecular flexibility index (Phi) is 16.8. The molecular weight excluding hydrogens is 1320 g/mol. The standard InChI is InChI=1S/C50H32.C30H21BO2.C20H13Br/c1-3-19-41-33(12-1)14-11-25-43(41)37-16-10-18-40(32-37)50-47-23-7-5-21-45(47)49(46-22-6-8-24-48(46)50)39-17-9-15-35(31-39)36-28-29-44-38(30-36)27-26-34-13-2-4-20-42(34)44;32-31(33)30-27-16-5-3-14-25(27)29(26-15-4-6-17-28(26)30)22-12-7-11-21(19-22)24-18-8-10-20-9-1-2-13-23(20)24;21-18-6-3-5-15(13-18)16-10-11-20-17(12-16)9-8-14-4-1-2-7-19(14)20/h1-32H;1-19,32-33H;1-13H. The van der Waals surface area contributed by atoms with Gasteiger partial charge in [-0.15, -0.1) is 0 Å². The number of hydrogen-bond donors (Lipinski definition) is 2. The molecule has 4 heteroatoms. The van der Waals surface area contributed by atoms with Gasteiger partial charge in [-0.05, 0) is 234 Å². The average molecular weight is 1390 g/mol. The summed E-state index contributed by atoms with van der Waals surface area (Å²) >= 11 is 3.54. The van der Waals surface area contributed by atoms with Crippen molar-refractivity contribution in [3.63, 3.8) is 0 Å². The van der Waals surface area contributed by atoms with Crippen molar-refractivity contribution in [2.75, 3.05) is 0 Å². The summed E-state index contributed by atoms with van der Waals surface area (Å²) in [7, 11) is -1.55. The highest BCUT2D eigenvalue weighted by Gasteiger charge is 2.23. The fourth-order valence-electron chi connectivity index (χ4n) is 16.0. The van der Waals surface area contributed by atoms with Crippen molar-refractivity contribution in [2.45, 2.75) is 0 Å². The Morgan fingerprint density at radius 2 is 0.433 bits per heavy atom. The number of rotatable bonds is 8. The van der Waals surface area contributed by atoms with Gasteiger partial charge in [-0.25, -0.2) is 0 Å². The molecule has 0 amide bonds. The molecule has 0 radical (unpaired) electrons. The molecule has 0 saturated heterocycles. The van der Waals surface area contributed by atoms with Crippen molar-refractivity contribution in [1.29, 1.82) is 0 Å². The van der Waals surface area contributed by atoms with Crippen LogP contribution in [-0.4, -0.2) is 17.2 Å². The van der Waals surface area contributed by atoms with E-state index in [1.165, 1.54) is 147 Å². The van der Waals surface area contributed by atoms with Crippen LogP contribution in [0.3, 0.4) is 0 Å². The molecule has 20 aromatic carbocycles. The molecule has 0 unspecified atom stereocenters. The zero-order valence-corrected chi connectivity index (χ0v) is 58.4. The van der Waals surface area contributed by atoms with Gasteiger partial charge in [-0.1, -0.05) is 362 Å². The Morgan fingerprint density at radius 1 is 0.173 bits per heavy atom. The van der Waals surface area contributed by atoms with E-state index in [-0.39, 0.29) is 0 Å². The molecule has 2 N–H and O–H groups in total. The van der Waals surface area contributed by atoms with E-state index in [2.05, 4.69) is 368 Å². The fraction of sp³-hybridized carbons (Fsp3) is 0. The zero-order valence-electron chi connectivity index (χ0n) is 56.8. The minimum atomic E-state index is -1.55. The molecule has 0 spiro atoms. The average Bonchev–Trinajstić information content (AvgIpc) is 0.733. The van der Waals surface area contributed by atoms with Gasteiger partial charge in [0.1, 0.15) is 0 Å². The molecule has 2 nitrogen and oxygen atoms in total. The van der Waals surface area contributed by atoms with Gasteiger partial charge in [0.2, 0.25) is 0 Å². The van der Waals surface area contributed by atoms with Crippen molar-refractivity contribution in [3.8, 4) is 77.9 Å². The Balaban J connectivity index is 0.000000122. The van der Waals surface area contributed by atoms with Gasteiger partial charge in [0.15, 0.2) is 0 Å². The van der Waals surface area contributed by atoms with Gasteiger partial charge in [-0.3, -0.25) is 0 Å². The second kappa shape index (κ2) is 27.4. The van der Waals surface area contributed by atoms with E-state index in [0.29, 0.717) is 5.46 Å². The lowest BCUT2D eigenvalue weighted by atomic mass is 9.72. The van der Waals surface area contributed by atoms with E-state index in [1.54, 1.807) is 0 Å². The molecule has 0 saturated carbocycles. The zero-order chi connectivity index (χ0) is 69.6. The summed E-state index contributed by atoms with van der Waals surface area (Å²) < 4.78 is 1.11. The second-order valence-corrected chi connectivity index (χ2v) is 27.8. The quantitative estimate of drug-likeness (QED) is 0.0904. The lowest BCUT2D eigenvalue weighted by molar-refractivity contribution is 0.426. The van der Waals surface area contributed by atoms with Gasteiger partial charge in [0, 0.05) is 4.47 Å². The van der Waals surface area contributed by atoms with Crippen LogP contribution in [0.5, 0.6) is 0 Å². The van der Waals surface area contributed by atoms with E-state index in [1.807, 2.05) is 36.4 Å². The second-order valence-electron chi connectivity index (χ2n) is 26.8. The highest BCUT2D eigenvalue weighted by Crippen LogP contribution is 2.46. The molecule has 0 aromatic heterocycles. The third-order valence-electron chi connectivity index (χ3n) is 20.8. The first-order valence-electron chi connectivity index (χ1n) is 35.4. The number of benzene rings is 20. The molecule has 20 rings (SSSR count). The summed E-state index contributed by atoms with van der Waals surface area (Å²) in [6.07, 6.45) is 0. The van der Waals surface area contributed by atoms with Crippen molar-refractivity contribution < 1.29 is 10.0 Å². The molecule has 0 aliphatic rings. The van der Waals surface area contributed by atoms with Crippen LogP contribution < -0.4 is 5.46 Å². The fourth-order valence-corrected chi connectivity index (χ4v) is 16.4. The van der Waals surface area contributed by atoms with E-state index < -0.39 is 7.12 Å². The van der Waals surface area contributed by atoms with Crippen molar-refractivity contribution in [1.82, 2.24) is 0 Å². The van der Waals surface area contributed by atoms with Crippen LogP contribution in [0.25, 0.3) is 186 Å². The maximum absolute atomic E-state index is 10.2. The highest BCUT2D eigenvalue weighted by molar-refractivity contribution is 9.10. The van der Waals surface area contributed by atoms with Gasteiger partial charge >= 0.3 is 7.12 Å². The normalized spacial score (nSPS) is 11.4. The third kappa shape index (κ3) is 11.8. The molecule has 0 fully saturated rings. The smallest absolute Gasteiger partial charge is 0.423 e. The predicted molar refractivity (Wildman–Crippen MR) is 450 cm³/mol. The van der Waals surface area contributed by atoms with Crippen molar-refractivity contribution in [3.05, 3.63) is 393 Å². The maximum atomic E-state index is 10.2. The molecular formula is C100H66BBrO2. The molecule has 488 valence electrons. The molecule has 0 aliphatic carbocycles. The van der Waals surface area contributed by atoms with E-state index in [9.17, 15) is 10.0 Å². The highest BCUT2D eigenvalue weighted by atomic mass is 79.9. The van der Waals surface area contributed by atoms with Crippen LogP contribution in [0.15, 0.2) is 393 Å². The number of hydrogen-bond acceptors (Lipinski definition) is 2. The minimum Gasteiger partial charge on any atom is -0.423 e. The van der Waals surface area contributed by atoms with Gasteiger partial charge in [0.05, 0.1) is 0 Å². The van der Waals surface area contributed by atoms with Crippen molar-refractivity contribution in [2.24, 2.45) is 0 Å². The van der Waals surface area contributed by atoms with Crippen LogP contribution in [0.4, 0.5) is 0 Å². The monoisotopic (exact) mass is 1390 g/mol. The predicted octanol–water partition coefficient (Wildman–Crippen LogP) is 26.7. The number of halogens is 1.